The van der Waals surface area contributed by atoms with E-state index in [0.29, 0.717) is 38.8 Å². The van der Waals surface area contributed by atoms with Crippen molar-refractivity contribution in [3.8, 4) is 0 Å². The largest absolute Gasteiger partial charge is 0.467 e. The van der Waals surface area contributed by atoms with Crippen LogP contribution in [0.3, 0.4) is 0 Å². The van der Waals surface area contributed by atoms with Crippen molar-refractivity contribution in [1.82, 2.24) is 15.5 Å². The fourth-order valence-electron chi connectivity index (χ4n) is 4.77. The van der Waals surface area contributed by atoms with Crippen molar-refractivity contribution in [2.75, 3.05) is 27.2 Å². The highest BCUT2D eigenvalue weighted by Gasteiger charge is 2.27. The second kappa shape index (κ2) is 14.8. The van der Waals surface area contributed by atoms with Crippen LogP contribution in [0.15, 0.2) is 54.7 Å². The molecule has 0 radical (unpaired) electrons. The van der Waals surface area contributed by atoms with Gasteiger partial charge in [-0.2, -0.15) is 0 Å². The van der Waals surface area contributed by atoms with E-state index in [1.54, 1.807) is 19.3 Å². The SMILES string of the molecule is CN/C=C(\C=N)c1ccc(C[C@H](NC(=O)CC2CCN(C(=O)CCc3cccc(F)c3)CC2)C(=O)OC)cc1. The summed E-state index contributed by atoms with van der Waals surface area (Å²) in [5.74, 6) is -0.884. The molecule has 0 bridgehead atoms. The molecule has 8 nitrogen and oxygen atoms in total. The first-order valence-corrected chi connectivity index (χ1v) is 13.2. The molecule has 0 saturated carbocycles. The molecule has 1 aliphatic heterocycles. The Kier molecular flexibility index (Phi) is 11.2. The van der Waals surface area contributed by atoms with Gasteiger partial charge in [0.15, 0.2) is 0 Å². The number of likely N-dealkylation sites (tertiary alicyclic amines) is 1. The number of hydrogen-bond acceptors (Lipinski definition) is 6. The number of halogens is 1. The molecule has 0 unspecified atom stereocenters. The van der Waals surface area contributed by atoms with E-state index >= 15 is 0 Å². The number of esters is 1. The van der Waals surface area contributed by atoms with Crippen LogP contribution < -0.4 is 10.6 Å². The Labute approximate surface area is 229 Å². The molecule has 3 N–H and O–H groups in total. The van der Waals surface area contributed by atoms with Gasteiger partial charge in [0.2, 0.25) is 11.8 Å². The third-order valence-corrected chi connectivity index (χ3v) is 6.96. The number of allylic oxidation sites excluding steroid dienone is 1. The van der Waals surface area contributed by atoms with E-state index in [4.69, 9.17) is 10.1 Å². The number of piperidine rings is 1. The summed E-state index contributed by atoms with van der Waals surface area (Å²) in [5, 5.41) is 13.3. The maximum Gasteiger partial charge on any atom is 0.328 e. The topological polar surface area (TPSA) is 112 Å². The van der Waals surface area contributed by atoms with Crippen molar-refractivity contribution in [2.24, 2.45) is 5.92 Å². The lowest BCUT2D eigenvalue weighted by molar-refractivity contribution is -0.145. The normalized spacial score (nSPS) is 14.8. The molecule has 0 aromatic heterocycles. The molecular weight excluding hydrogens is 499 g/mol. The number of methoxy groups -OCH3 is 1. The monoisotopic (exact) mass is 536 g/mol. The van der Waals surface area contributed by atoms with Crippen LogP contribution in [-0.4, -0.2) is 62.2 Å². The van der Waals surface area contributed by atoms with Crippen molar-refractivity contribution in [2.45, 2.75) is 44.6 Å². The Balaban J connectivity index is 1.48. The van der Waals surface area contributed by atoms with Gasteiger partial charge in [0, 0.05) is 57.4 Å². The number of hydrogen-bond donors (Lipinski definition) is 3. The molecule has 0 aliphatic carbocycles. The van der Waals surface area contributed by atoms with E-state index in [1.165, 1.54) is 25.5 Å². The predicted octanol–water partition coefficient (Wildman–Crippen LogP) is 3.50. The van der Waals surface area contributed by atoms with Gasteiger partial charge >= 0.3 is 5.97 Å². The maximum atomic E-state index is 13.4. The van der Waals surface area contributed by atoms with Crippen molar-refractivity contribution >= 4 is 29.6 Å². The second-order valence-electron chi connectivity index (χ2n) is 9.74. The number of aryl methyl sites for hydroxylation is 1. The summed E-state index contributed by atoms with van der Waals surface area (Å²) < 4.78 is 18.3. The summed E-state index contributed by atoms with van der Waals surface area (Å²) in [6.07, 6.45) is 5.78. The van der Waals surface area contributed by atoms with Gasteiger partial charge in [0.05, 0.1) is 7.11 Å². The van der Waals surface area contributed by atoms with Gasteiger partial charge in [-0.25, -0.2) is 9.18 Å². The minimum Gasteiger partial charge on any atom is -0.467 e. The van der Waals surface area contributed by atoms with Crippen LogP contribution in [0.5, 0.6) is 0 Å². The van der Waals surface area contributed by atoms with Crippen molar-refractivity contribution in [1.29, 1.82) is 5.41 Å². The van der Waals surface area contributed by atoms with Crippen LogP contribution in [0, 0.1) is 17.1 Å². The highest BCUT2D eigenvalue weighted by molar-refractivity contribution is 6.08. The van der Waals surface area contributed by atoms with E-state index in [-0.39, 0.29) is 36.4 Å². The average Bonchev–Trinajstić information content (AvgIpc) is 2.94. The van der Waals surface area contributed by atoms with Gasteiger partial charge in [-0.1, -0.05) is 36.4 Å². The van der Waals surface area contributed by atoms with Gasteiger partial charge in [-0.15, -0.1) is 0 Å². The number of nitrogens with zero attached hydrogens (tertiary/aromatic N) is 1. The van der Waals surface area contributed by atoms with Crippen LogP contribution in [0.25, 0.3) is 5.57 Å². The van der Waals surface area contributed by atoms with Crippen LogP contribution in [0.2, 0.25) is 0 Å². The molecule has 1 heterocycles. The van der Waals surface area contributed by atoms with Crippen LogP contribution in [0.4, 0.5) is 4.39 Å². The van der Waals surface area contributed by atoms with Crippen molar-refractivity contribution in [3.05, 3.63) is 77.2 Å². The number of carbonyl (C=O) groups is 3. The Morgan fingerprint density at radius 1 is 1.13 bits per heavy atom. The quantitative estimate of drug-likeness (QED) is 0.284. The minimum absolute atomic E-state index is 0.0353. The molecule has 2 aromatic carbocycles. The smallest absolute Gasteiger partial charge is 0.328 e. The lowest BCUT2D eigenvalue weighted by atomic mass is 9.92. The molecular formula is C30H37FN4O4. The molecule has 1 atom stereocenters. The molecule has 39 heavy (non-hydrogen) atoms. The molecule has 1 fully saturated rings. The molecule has 3 rings (SSSR count). The van der Waals surface area contributed by atoms with Crippen LogP contribution in [-0.2, 0) is 32.0 Å². The number of carbonyl (C=O) groups excluding carboxylic acids is 3. The highest BCUT2D eigenvalue weighted by atomic mass is 19.1. The summed E-state index contributed by atoms with van der Waals surface area (Å²) in [5.41, 5.74) is 3.24. The number of rotatable bonds is 12. The third-order valence-electron chi connectivity index (χ3n) is 6.96. The summed E-state index contributed by atoms with van der Waals surface area (Å²) in [4.78, 5) is 39.6. The summed E-state index contributed by atoms with van der Waals surface area (Å²) >= 11 is 0. The van der Waals surface area contributed by atoms with E-state index < -0.39 is 12.0 Å². The number of ether oxygens (including phenoxy) is 1. The predicted molar refractivity (Wildman–Crippen MR) is 149 cm³/mol. The zero-order valence-corrected chi connectivity index (χ0v) is 22.5. The van der Waals surface area contributed by atoms with E-state index in [9.17, 15) is 18.8 Å². The number of amides is 2. The summed E-state index contributed by atoms with van der Waals surface area (Å²) in [6.45, 7) is 1.15. The van der Waals surface area contributed by atoms with Gasteiger partial charge in [0.25, 0.3) is 0 Å². The molecule has 9 heteroatoms. The Morgan fingerprint density at radius 3 is 2.46 bits per heavy atom. The van der Waals surface area contributed by atoms with Gasteiger partial charge < -0.3 is 25.7 Å². The van der Waals surface area contributed by atoms with Gasteiger partial charge in [-0.05, 0) is 54.0 Å². The summed E-state index contributed by atoms with van der Waals surface area (Å²) in [6, 6.07) is 12.9. The van der Waals surface area contributed by atoms with Gasteiger partial charge in [-0.3, -0.25) is 9.59 Å². The first-order chi connectivity index (χ1) is 18.8. The van der Waals surface area contributed by atoms with E-state index in [1.807, 2.05) is 35.2 Å². The molecule has 1 saturated heterocycles. The molecule has 2 aromatic rings. The second-order valence-corrected chi connectivity index (χ2v) is 9.74. The van der Waals surface area contributed by atoms with Crippen LogP contribution in [0.1, 0.15) is 42.4 Å². The zero-order valence-electron chi connectivity index (χ0n) is 22.5. The zero-order chi connectivity index (χ0) is 28.2. The number of nitrogens with one attached hydrogen (secondary N) is 3. The molecule has 1 aliphatic rings. The number of benzene rings is 2. The Morgan fingerprint density at radius 2 is 1.85 bits per heavy atom. The lowest BCUT2D eigenvalue weighted by Crippen LogP contribution is -2.44. The van der Waals surface area contributed by atoms with Crippen molar-refractivity contribution in [3.63, 3.8) is 0 Å². The highest BCUT2D eigenvalue weighted by Crippen LogP contribution is 2.22. The molecule has 0 spiro atoms. The Bertz CT molecular complexity index is 1170. The minimum atomic E-state index is -0.812. The van der Waals surface area contributed by atoms with E-state index in [0.717, 1.165) is 22.3 Å². The molecule has 208 valence electrons. The average molecular weight is 537 g/mol. The first kappa shape index (κ1) is 29.5. The fourth-order valence-corrected chi connectivity index (χ4v) is 4.77. The van der Waals surface area contributed by atoms with Gasteiger partial charge in [0.1, 0.15) is 11.9 Å². The molecule has 2 amide bonds. The Hall–Kier alpha value is -4.01. The fraction of sp³-hybridized carbons (Fsp3) is 0.400. The lowest BCUT2D eigenvalue weighted by Gasteiger charge is -2.32. The first-order valence-electron chi connectivity index (χ1n) is 13.2. The van der Waals surface area contributed by atoms with Crippen LogP contribution >= 0.6 is 0 Å². The standard InChI is InChI=1S/C30H37FN4O4/c1-33-20-25(19-32)24-9-6-22(7-10-24)17-27(30(38)39-2)34-28(36)18-23-12-14-35(15-13-23)29(37)11-8-21-4-3-5-26(31)16-21/h3-7,9-10,16,19-20,23,27,32-33H,8,11-15,17-18H2,1-2H3,(H,34,36)/b25-20+,32-19?/t27-/m0/s1. The van der Waals surface area contributed by atoms with Crippen molar-refractivity contribution < 1.29 is 23.5 Å². The summed E-state index contributed by atoms with van der Waals surface area (Å²) in [7, 11) is 3.06. The van der Waals surface area contributed by atoms with E-state index in [2.05, 4.69) is 10.6 Å². The maximum absolute atomic E-state index is 13.4. The third kappa shape index (κ3) is 9.05.